The van der Waals surface area contributed by atoms with Gasteiger partial charge in [-0.1, -0.05) is 22.9 Å². The van der Waals surface area contributed by atoms with Gasteiger partial charge < -0.3 is 9.52 Å². The molecule has 0 saturated heterocycles. The van der Waals surface area contributed by atoms with Crippen LogP contribution in [0.25, 0.3) is 11.3 Å². The van der Waals surface area contributed by atoms with Crippen molar-refractivity contribution in [3.8, 4) is 11.3 Å². The Hall–Kier alpha value is -1.66. The van der Waals surface area contributed by atoms with Crippen molar-refractivity contribution in [2.45, 2.75) is 26.4 Å². The van der Waals surface area contributed by atoms with Crippen molar-refractivity contribution in [2.24, 2.45) is 0 Å². The van der Waals surface area contributed by atoms with Gasteiger partial charge in [-0.05, 0) is 31.5 Å². The number of benzene rings is 1. The van der Waals surface area contributed by atoms with Gasteiger partial charge in [0.05, 0.1) is 4.92 Å². The summed E-state index contributed by atoms with van der Waals surface area (Å²) in [5.41, 5.74) is 1.21. The van der Waals surface area contributed by atoms with E-state index in [1.54, 1.807) is 25.1 Å². The van der Waals surface area contributed by atoms with Crippen LogP contribution in [-0.4, -0.2) is 10.0 Å². The lowest BCUT2D eigenvalue weighted by Crippen LogP contribution is -1.93. The van der Waals surface area contributed by atoms with E-state index in [0.29, 0.717) is 33.5 Å². The van der Waals surface area contributed by atoms with Crippen molar-refractivity contribution in [2.75, 3.05) is 0 Å². The Morgan fingerprint density at radius 1 is 1.45 bits per heavy atom. The number of nitro benzene ring substituents is 1. The predicted octanol–water partition coefficient (Wildman–Crippen LogP) is 4.37. The Kier molecular flexibility index (Phi) is 4.25. The van der Waals surface area contributed by atoms with Gasteiger partial charge in [-0.25, -0.2) is 0 Å². The highest BCUT2D eigenvalue weighted by Gasteiger charge is 2.18. The molecule has 1 aromatic carbocycles. The first kappa shape index (κ1) is 14.7. The van der Waals surface area contributed by atoms with E-state index < -0.39 is 11.0 Å². The van der Waals surface area contributed by atoms with Gasteiger partial charge in [0.2, 0.25) is 0 Å². The minimum Gasteiger partial charge on any atom is -0.458 e. The second kappa shape index (κ2) is 5.76. The van der Waals surface area contributed by atoms with E-state index in [9.17, 15) is 15.2 Å². The van der Waals surface area contributed by atoms with Crippen LogP contribution in [0, 0.1) is 17.0 Å². The summed E-state index contributed by atoms with van der Waals surface area (Å²) in [5, 5.41) is 20.7. The number of rotatable bonds is 4. The zero-order chi connectivity index (χ0) is 14.9. The van der Waals surface area contributed by atoms with E-state index in [4.69, 9.17) is 4.42 Å². The van der Waals surface area contributed by atoms with Gasteiger partial charge in [0, 0.05) is 21.7 Å². The molecule has 1 atom stereocenters. The van der Waals surface area contributed by atoms with Crippen LogP contribution >= 0.6 is 15.9 Å². The third kappa shape index (κ3) is 2.76. The molecule has 0 bridgehead atoms. The molecule has 0 aliphatic carbocycles. The SMILES string of the molecule is CCC(O)c1ccc(-c2cc([N+](=O)[O-])c(C)cc2Br)o1. The second-order valence-electron chi connectivity index (χ2n) is 4.50. The molecule has 0 spiro atoms. The monoisotopic (exact) mass is 339 g/mol. The Labute approximate surface area is 124 Å². The van der Waals surface area contributed by atoms with Crippen molar-refractivity contribution in [3.63, 3.8) is 0 Å². The number of hydrogen-bond acceptors (Lipinski definition) is 4. The molecule has 6 heteroatoms. The summed E-state index contributed by atoms with van der Waals surface area (Å²) in [7, 11) is 0. The maximum absolute atomic E-state index is 11.0. The van der Waals surface area contributed by atoms with Crippen molar-refractivity contribution < 1.29 is 14.4 Å². The molecule has 1 unspecified atom stereocenters. The number of hydrogen-bond donors (Lipinski definition) is 1. The van der Waals surface area contributed by atoms with Crippen LogP contribution in [0.1, 0.15) is 30.8 Å². The number of furan rings is 1. The van der Waals surface area contributed by atoms with E-state index in [-0.39, 0.29) is 5.69 Å². The number of nitrogens with zero attached hydrogens (tertiary/aromatic N) is 1. The number of aliphatic hydroxyl groups is 1. The number of aryl methyl sites for hydroxylation is 1. The van der Waals surface area contributed by atoms with Crippen LogP contribution in [0.15, 0.2) is 33.2 Å². The normalized spacial score (nSPS) is 12.4. The van der Waals surface area contributed by atoms with Gasteiger partial charge in [-0.3, -0.25) is 10.1 Å². The zero-order valence-corrected chi connectivity index (χ0v) is 12.7. The van der Waals surface area contributed by atoms with E-state index >= 15 is 0 Å². The predicted molar refractivity (Wildman–Crippen MR) is 78.5 cm³/mol. The van der Waals surface area contributed by atoms with Crippen molar-refractivity contribution >= 4 is 21.6 Å². The molecule has 1 heterocycles. The zero-order valence-electron chi connectivity index (χ0n) is 11.1. The molecule has 1 aromatic heterocycles. The summed E-state index contributed by atoms with van der Waals surface area (Å²) in [5.74, 6) is 0.945. The molecule has 0 fully saturated rings. The third-order valence-electron chi connectivity index (χ3n) is 3.09. The summed E-state index contributed by atoms with van der Waals surface area (Å²) in [4.78, 5) is 10.6. The van der Waals surface area contributed by atoms with Crippen LogP contribution in [0.5, 0.6) is 0 Å². The van der Waals surface area contributed by atoms with Crippen LogP contribution in [0.3, 0.4) is 0 Å². The Bertz CT molecular complexity index is 651. The maximum atomic E-state index is 11.0. The van der Waals surface area contributed by atoms with Crippen LogP contribution in [-0.2, 0) is 0 Å². The fourth-order valence-corrected chi connectivity index (χ4v) is 2.58. The largest absolute Gasteiger partial charge is 0.458 e. The quantitative estimate of drug-likeness (QED) is 0.662. The van der Waals surface area contributed by atoms with Crippen molar-refractivity contribution in [3.05, 3.63) is 50.2 Å². The fourth-order valence-electron chi connectivity index (χ4n) is 1.92. The summed E-state index contributed by atoms with van der Waals surface area (Å²) < 4.78 is 6.29. The minimum atomic E-state index is -0.664. The molecule has 0 saturated carbocycles. The average molecular weight is 340 g/mol. The minimum absolute atomic E-state index is 0.0391. The average Bonchev–Trinajstić information content (AvgIpc) is 2.86. The highest BCUT2D eigenvalue weighted by Crippen LogP contribution is 2.36. The highest BCUT2D eigenvalue weighted by molar-refractivity contribution is 9.10. The molecule has 2 rings (SSSR count). The van der Waals surface area contributed by atoms with Gasteiger partial charge in [0.25, 0.3) is 5.69 Å². The second-order valence-corrected chi connectivity index (χ2v) is 5.36. The van der Waals surface area contributed by atoms with E-state index in [2.05, 4.69) is 15.9 Å². The number of nitro groups is 1. The molecule has 0 amide bonds. The summed E-state index contributed by atoms with van der Waals surface area (Å²) in [6.45, 7) is 3.53. The molecular formula is C14H14BrNO4. The van der Waals surface area contributed by atoms with E-state index in [1.165, 1.54) is 6.07 Å². The van der Waals surface area contributed by atoms with Gasteiger partial charge in [-0.15, -0.1) is 0 Å². The summed E-state index contributed by atoms with van der Waals surface area (Å²) >= 11 is 3.39. The molecular weight excluding hydrogens is 326 g/mol. The molecule has 0 aliphatic rings. The molecule has 0 aliphatic heterocycles. The first-order chi connectivity index (χ1) is 9.43. The highest BCUT2D eigenvalue weighted by atomic mass is 79.9. The lowest BCUT2D eigenvalue weighted by atomic mass is 10.1. The first-order valence-corrected chi connectivity index (χ1v) is 6.96. The smallest absolute Gasteiger partial charge is 0.273 e. The molecule has 20 heavy (non-hydrogen) atoms. The molecule has 106 valence electrons. The maximum Gasteiger partial charge on any atom is 0.273 e. The van der Waals surface area contributed by atoms with Crippen LogP contribution in [0.4, 0.5) is 5.69 Å². The third-order valence-corrected chi connectivity index (χ3v) is 3.75. The van der Waals surface area contributed by atoms with Crippen LogP contribution in [0.2, 0.25) is 0 Å². The summed E-state index contributed by atoms with van der Waals surface area (Å²) in [6.07, 6.45) is -0.120. The van der Waals surface area contributed by atoms with Gasteiger partial charge in [-0.2, -0.15) is 0 Å². The summed E-state index contributed by atoms with van der Waals surface area (Å²) in [6, 6.07) is 6.54. The van der Waals surface area contributed by atoms with Crippen molar-refractivity contribution in [1.29, 1.82) is 0 Å². The molecule has 0 radical (unpaired) electrons. The Morgan fingerprint density at radius 3 is 2.75 bits per heavy atom. The lowest BCUT2D eigenvalue weighted by Gasteiger charge is -2.05. The Balaban J connectivity index is 2.49. The first-order valence-electron chi connectivity index (χ1n) is 6.16. The number of halogens is 1. The van der Waals surface area contributed by atoms with Gasteiger partial charge in [0.15, 0.2) is 0 Å². The van der Waals surface area contributed by atoms with Gasteiger partial charge >= 0.3 is 0 Å². The molecule has 5 nitrogen and oxygen atoms in total. The number of aliphatic hydroxyl groups excluding tert-OH is 1. The standard InChI is InChI=1S/C14H14BrNO4/c1-3-12(17)14-5-4-13(20-14)9-7-11(16(18)19)8(2)6-10(9)15/h4-7,12,17H,3H2,1-2H3. The van der Waals surface area contributed by atoms with Crippen molar-refractivity contribution in [1.82, 2.24) is 0 Å². The van der Waals surface area contributed by atoms with E-state index in [1.807, 2.05) is 6.92 Å². The fraction of sp³-hybridized carbons (Fsp3) is 0.286. The molecule has 2 aromatic rings. The molecule has 1 N–H and O–H groups in total. The topological polar surface area (TPSA) is 76.5 Å². The van der Waals surface area contributed by atoms with E-state index in [0.717, 1.165) is 0 Å². The lowest BCUT2D eigenvalue weighted by molar-refractivity contribution is -0.385. The van der Waals surface area contributed by atoms with Crippen LogP contribution < -0.4 is 0 Å². The van der Waals surface area contributed by atoms with Gasteiger partial charge in [0.1, 0.15) is 17.6 Å². The Morgan fingerprint density at radius 2 is 2.15 bits per heavy atom.